The van der Waals surface area contributed by atoms with Crippen LogP contribution in [0.1, 0.15) is 20.8 Å². The molecule has 0 aliphatic heterocycles. The summed E-state index contributed by atoms with van der Waals surface area (Å²) in [5.41, 5.74) is 0.135. The Morgan fingerprint density at radius 1 is 1.24 bits per heavy atom. The van der Waals surface area contributed by atoms with Crippen LogP contribution >= 0.6 is 43.2 Å². The molecule has 0 bridgehead atoms. The monoisotopic (exact) mass is 432 g/mol. The summed E-state index contributed by atoms with van der Waals surface area (Å²) in [6, 6.07) is 9.31. The molecule has 0 N–H and O–H groups in total. The molecule has 0 unspecified atom stereocenters. The van der Waals surface area contributed by atoms with Crippen LogP contribution in [0, 0.1) is 0 Å². The van der Waals surface area contributed by atoms with Gasteiger partial charge in [-0.25, -0.2) is 14.7 Å². The molecule has 1 heterocycles. The zero-order chi connectivity index (χ0) is 15.6. The lowest BCUT2D eigenvalue weighted by molar-refractivity contribution is 0.0599. The second-order valence-corrected chi connectivity index (χ2v) is 8.26. The number of hydrogen-bond donors (Lipinski definition) is 0. The van der Waals surface area contributed by atoms with Crippen LogP contribution in [0.5, 0.6) is 0 Å². The van der Waals surface area contributed by atoms with Crippen molar-refractivity contribution in [2.75, 3.05) is 4.90 Å². The van der Waals surface area contributed by atoms with Crippen LogP contribution in [0.15, 0.2) is 38.7 Å². The summed E-state index contributed by atoms with van der Waals surface area (Å²) in [7, 11) is 0. The van der Waals surface area contributed by atoms with Gasteiger partial charge in [-0.2, -0.15) is 0 Å². The van der Waals surface area contributed by atoms with Gasteiger partial charge in [0.05, 0.1) is 5.69 Å². The van der Waals surface area contributed by atoms with Gasteiger partial charge in [-0.3, -0.25) is 0 Å². The topological polar surface area (TPSA) is 42.4 Å². The number of para-hydroxylation sites is 1. The summed E-state index contributed by atoms with van der Waals surface area (Å²) in [6.07, 6.45) is -0.456. The number of halogens is 2. The van der Waals surface area contributed by atoms with E-state index in [1.165, 1.54) is 16.2 Å². The predicted octanol–water partition coefficient (Wildman–Crippen LogP) is 5.74. The number of hydrogen-bond acceptors (Lipinski definition) is 4. The first-order valence-electron chi connectivity index (χ1n) is 6.18. The van der Waals surface area contributed by atoms with E-state index in [1.54, 1.807) is 0 Å². The van der Waals surface area contributed by atoms with Crippen LogP contribution in [0.2, 0.25) is 0 Å². The number of ether oxygens (including phenoxy) is 1. The maximum atomic E-state index is 12.5. The standard InChI is InChI=1S/C14H14Br2N2O2S/c1-14(2,3)20-13(19)18(9-7-5-4-6-8-9)12-17-10(15)11(16)21-12/h4-8H,1-3H3. The summed E-state index contributed by atoms with van der Waals surface area (Å²) >= 11 is 8.09. The fourth-order valence-electron chi connectivity index (χ4n) is 1.55. The summed E-state index contributed by atoms with van der Waals surface area (Å²) in [5, 5.41) is 0.536. The van der Waals surface area contributed by atoms with Gasteiger partial charge in [0.15, 0.2) is 0 Å². The third-order valence-electron chi connectivity index (χ3n) is 2.32. The maximum Gasteiger partial charge on any atom is 0.421 e. The van der Waals surface area contributed by atoms with Crippen molar-refractivity contribution in [1.29, 1.82) is 0 Å². The summed E-state index contributed by atoms with van der Waals surface area (Å²) in [6.45, 7) is 5.51. The number of anilines is 2. The minimum atomic E-state index is -0.574. The molecule has 0 atom stereocenters. The van der Waals surface area contributed by atoms with Crippen LogP contribution in [-0.2, 0) is 4.74 Å². The molecule has 0 aliphatic carbocycles. The van der Waals surface area contributed by atoms with Crippen molar-refractivity contribution in [2.45, 2.75) is 26.4 Å². The first-order chi connectivity index (χ1) is 9.78. The van der Waals surface area contributed by atoms with Gasteiger partial charge in [-0.1, -0.05) is 29.5 Å². The highest BCUT2D eigenvalue weighted by atomic mass is 79.9. The van der Waals surface area contributed by atoms with Gasteiger partial charge in [0.2, 0.25) is 5.13 Å². The van der Waals surface area contributed by atoms with Gasteiger partial charge in [0.25, 0.3) is 0 Å². The zero-order valence-corrected chi connectivity index (χ0v) is 15.8. The van der Waals surface area contributed by atoms with Gasteiger partial charge in [-0.05, 0) is 64.8 Å². The lowest BCUT2D eigenvalue weighted by atomic mass is 10.2. The molecule has 0 saturated heterocycles. The number of rotatable bonds is 2. The Labute approximate surface area is 144 Å². The van der Waals surface area contributed by atoms with Crippen LogP contribution in [0.25, 0.3) is 0 Å². The average Bonchev–Trinajstić information content (AvgIpc) is 2.68. The highest BCUT2D eigenvalue weighted by molar-refractivity contribution is 9.13. The zero-order valence-electron chi connectivity index (χ0n) is 11.8. The van der Waals surface area contributed by atoms with E-state index in [1.807, 2.05) is 51.1 Å². The van der Waals surface area contributed by atoms with E-state index in [4.69, 9.17) is 4.74 Å². The van der Waals surface area contributed by atoms with Crippen LogP contribution in [0.3, 0.4) is 0 Å². The predicted molar refractivity (Wildman–Crippen MR) is 92.3 cm³/mol. The van der Waals surface area contributed by atoms with Gasteiger partial charge in [-0.15, -0.1) is 0 Å². The molecule has 2 rings (SSSR count). The molecule has 0 saturated carbocycles. The molecule has 112 valence electrons. The number of carbonyl (C=O) groups is 1. The largest absolute Gasteiger partial charge is 0.443 e. The Kier molecular flexibility index (Phi) is 5.06. The fourth-order valence-corrected chi connectivity index (χ4v) is 3.30. The van der Waals surface area contributed by atoms with Gasteiger partial charge in [0, 0.05) is 0 Å². The van der Waals surface area contributed by atoms with Crippen molar-refractivity contribution in [1.82, 2.24) is 4.98 Å². The maximum absolute atomic E-state index is 12.5. The molecule has 1 amide bonds. The second-order valence-electron chi connectivity index (χ2n) is 5.21. The van der Waals surface area contributed by atoms with Crippen molar-refractivity contribution in [3.8, 4) is 0 Å². The molecule has 1 aromatic heterocycles. The molecular formula is C14H14Br2N2O2S. The molecule has 0 fully saturated rings. The summed E-state index contributed by atoms with van der Waals surface area (Å²) in [5.74, 6) is 0. The van der Waals surface area contributed by atoms with Crippen molar-refractivity contribution in [3.63, 3.8) is 0 Å². The Morgan fingerprint density at radius 2 is 1.86 bits per heavy atom. The molecule has 0 radical (unpaired) electrons. The first-order valence-corrected chi connectivity index (χ1v) is 8.58. The van der Waals surface area contributed by atoms with E-state index in [0.717, 1.165) is 3.79 Å². The molecule has 7 heteroatoms. The average molecular weight is 434 g/mol. The Balaban J connectivity index is 2.42. The van der Waals surface area contributed by atoms with E-state index in [0.29, 0.717) is 15.4 Å². The van der Waals surface area contributed by atoms with Crippen molar-refractivity contribution in [2.24, 2.45) is 0 Å². The molecule has 0 spiro atoms. The quantitative estimate of drug-likeness (QED) is 0.606. The summed E-state index contributed by atoms with van der Waals surface area (Å²) in [4.78, 5) is 18.3. The lowest BCUT2D eigenvalue weighted by Gasteiger charge is -2.25. The van der Waals surface area contributed by atoms with Crippen LogP contribution in [0.4, 0.5) is 15.6 Å². The van der Waals surface area contributed by atoms with E-state index < -0.39 is 11.7 Å². The van der Waals surface area contributed by atoms with E-state index in [2.05, 4.69) is 36.8 Å². The second kappa shape index (κ2) is 6.46. The Hall–Kier alpha value is -0.920. The SMILES string of the molecule is CC(C)(C)OC(=O)N(c1ccccc1)c1nc(Br)c(Br)s1. The molecule has 0 aliphatic rings. The number of amides is 1. The van der Waals surface area contributed by atoms with Gasteiger partial charge < -0.3 is 4.74 Å². The minimum absolute atomic E-state index is 0.456. The minimum Gasteiger partial charge on any atom is -0.443 e. The van der Waals surface area contributed by atoms with Crippen LogP contribution < -0.4 is 4.90 Å². The summed E-state index contributed by atoms with van der Waals surface area (Å²) < 4.78 is 6.96. The highest BCUT2D eigenvalue weighted by Crippen LogP contribution is 2.38. The molecular weight excluding hydrogens is 420 g/mol. The van der Waals surface area contributed by atoms with E-state index in [-0.39, 0.29) is 0 Å². The molecule has 2 aromatic rings. The smallest absolute Gasteiger partial charge is 0.421 e. The Bertz CT molecular complexity index is 619. The molecule has 4 nitrogen and oxygen atoms in total. The van der Waals surface area contributed by atoms with Crippen LogP contribution in [-0.4, -0.2) is 16.7 Å². The van der Waals surface area contributed by atoms with Crippen molar-refractivity contribution < 1.29 is 9.53 Å². The third-order valence-corrected chi connectivity index (χ3v) is 5.38. The number of benzene rings is 1. The normalized spacial score (nSPS) is 11.3. The number of thiazole rings is 1. The fraction of sp³-hybridized carbons (Fsp3) is 0.286. The number of nitrogens with zero attached hydrogens (tertiary/aromatic N) is 2. The molecule has 21 heavy (non-hydrogen) atoms. The van der Waals surface area contributed by atoms with Crippen molar-refractivity contribution >= 4 is 60.1 Å². The van der Waals surface area contributed by atoms with E-state index >= 15 is 0 Å². The first kappa shape index (κ1) is 16.5. The third kappa shape index (κ3) is 4.28. The number of aromatic nitrogens is 1. The van der Waals surface area contributed by atoms with Gasteiger partial charge >= 0.3 is 6.09 Å². The highest BCUT2D eigenvalue weighted by Gasteiger charge is 2.27. The number of carbonyl (C=O) groups excluding carboxylic acids is 1. The van der Waals surface area contributed by atoms with Crippen molar-refractivity contribution in [3.05, 3.63) is 38.7 Å². The Morgan fingerprint density at radius 3 is 2.33 bits per heavy atom. The lowest BCUT2D eigenvalue weighted by Crippen LogP contribution is -2.33. The van der Waals surface area contributed by atoms with Gasteiger partial charge in [0.1, 0.15) is 14.0 Å². The molecule has 1 aromatic carbocycles. The van der Waals surface area contributed by atoms with E-state index in [9.17, 15) is 4.79 Å².